The molecule has 1 heterocycles. The minimum atomic E-state index is -3.56. The summed E-state index contributed by atoms with van der Waals surface area (Å²) >= 11 is 0. The summed E-state index contributed by atoms with van der Waals surface area (Å²) in [6, 6.07) is 14.1. The predicted molar refractivity (Wildman–Crippen MR) is 114 cm³/mol. The summed E-state index contributed by atoms with van der Waals surface area (Å²) in [6.45, 7) is 3.47. The van der Waals surface area contributed by atoms with E-state index < -0.39 is 10.0 Å². The lowest BCUT2D eigenvalue weighted by Gasteiger charge is -2.30. The van der Waals surface area contributed by atoms with Gasteiger partial charge >= 0.3 is 0 Å². The van der Waals surface area contributed by atoms with Crippen LogP contribution >= 0.6 is 0 Å². The van der Waals surface area contributed by atoms with Crippen LogP contribution < -0.4 is 14.8 Å². The molecule has 30 heavy (non-hydrogen) atoms. The lowest BCUT2D eigenvalue weighted by atomic mass is 9.97. The molecule has 1 saturated heterocycles. The van der Waals surface area contributed by atoms with Crippen molar-refractivity contribution in [2.75, 3.05) is 33.4 Å². The maximum absolute atomic E-state index is 12.8. The monoisotopic (exact) mass is 432 g/mol. The van der Waals surface area contributed by atoms with Crippen LogP contribution in [0, 0.1) is 12.8 Å². The van der Waals surface area contributed by atoms with Gasteiger partial charge in [-0.3, -0.25) is 4.79 Å². The number of piperidine rings is 1. The highest BCUT2D eigenvalue weighted by Gasteiger charge is 2.32. The SMILES string of the molecule is COc1ccc(S(=O)(=O)N2CCC(C(=O)NCCOc3ccc(C)cc3)CC2)cc1. The molecule has 0 radical (unpaired) electrons. The number of hydrogen-bond donors (Lipinski definition) is 1. The van der Waals surface area contributed by atoms with Crippen molar-refractivity contribution in [3.8, 4) is 11.5 Å². The van der Waals surface area contributed by atoms with Crippen molar-refractivity contribution >= 4 is 15.9 Å². The molecule has 3 rings (SSSR count). The van der Waals surface area contributed by atoms with Gasteiger partial charge in [0.15, 0.2) is 0 Å². The molecule has 0 aromatic heterocycles. The molecule has 162 valence electrons. The van der Waals surface area contributed by atoms with Gasteiger partial charge in [-0.1, -0.05) is 17.7 Å². The third kappa shape index (κ3) is 5.52. The zero-order chi connectivity index (χ0) is 21.6. The van der Waals surface area contributed by atoms with Gasteiger partial charge in [0, 0.05) is 19.0 Å². The average Bonchev–Trinajstić information content (AvgIpc) is 2.78. The zero-order valence-corrected chi connectivity index (χ0v) is 18.2. The Balaban J connectivity index is 1.43. The van der Waals surface area contributed by atoms with E-state index in [1.54, 1.807) is 24.3 Å². The molecular formula is C22H28N2O5S. The molecule has 0 bridgehead atoms. The van der Waals surface area contributed by atoms with Gasteiger partial charge in [-0.15, -0.1) is 0 Å². The lowest BCUT2D eigenvalue weighted by molar-refractivity contribution is -0.126. The molecule has 1 aliphatic heterocycles. The van der Waals surface area contributed by atoms with Crippen LogP contribution in [-0.2, 0) is 14.8 Å². The van der Waals surface area contributed by atoms with Crippen LogP contribution in [-0.4, -0.2) is 52.0 Å². The summed E-state index contributed by atoms with van der Waals surface area (Å²) in [6.07, 6.45) is 1.00. The van der Waals surface area contributed by atoms with E-state index in [-0.39, 0.29) is 16.7 Å². The minimum absolute atomic E-state index is 0.0519. The molecular weight excluding hydrogens is 404 g/mol. The molecule has 0 saturated carbocycles. The summed E-state index contributed by atoms with van der Waals surface area (Å²) < 4.78 is 37.7. The Hall–Kier alpha value is -2.58. The number of sulfonamides is 1. The van der Waals surface area contributed by atoms with Crippen LogP contribution in [0.4, 0.5) is 0 Å². The fourth-order valence-electron chi connectivity index (χ4n) is 3.38. The van der Waals surface area contributed by atoms with E-state index in [2.05, 4.69) is 5.32 Å². The Morgan fingerprint density at radius 3 is 2.23 bits per heavy atom. The second kappa shape index (κ2) is 9.95. The van der Waals surface area contributed by atoms with Crippen molar-refractivity contribution in [2.45, 2.75) is 24.7 Å². The molecule has 8 heteroatoms. The average molecular weight is 433 g/mol. The maximum atomic E-state index is 12.8. The Kier molecular flexibility index (Phi) is 7.33. The number of carbonyl (C=O) groups excluding carboxylic acids is 1. The van der Waals surface area contributed by atoms with Gasteiger partial charge in [-0.2, -0.15) is 4.31 Å². The summed E-state index contributed by atoms with van der Waals surface area (Å²) in [7, 11) is -2.03. The fraction of sp³-hybridized carbons (Fsp3) is 0.409. The number of ether oxygens (including phenoxy) is 2. The number of rotatable bonds is 8. The molecule has 0 aliphatic carbocycles. The van der Waals surface area contributed by atoms with E-state index >= 15 is 0 Å². The molecule has 2 aromatic rings. The quantitative estimate of drug-likeness (QED) is 0.648. The largest absolute Gasteiger partial charge is 0.497 e. The Morgan fingerprint density at radius 2 is 1.63 bits per heavy atom. The maximum Gasteiger partial charge on any atom is 0.243 e. The molecule has 2 aromatic carbocycles. The van der Waals surface area contributed by atoms with E-state index in [0.717, 1.165) is 11.3 Å². The highest BCUT2D eigenvalue weighted by Crippen LogP contribution is 2.25. The molecule has 1 aliphatic rings. The van der Waals surface area contributed by atoms with Crippen LogP contribution in [0.2, 0.25) is 0 Å². The van der Waals surface area contributed by atoms with Crippen LogP contribution in [0.15, 0.2) is 53.4 Å². The number of nitrogens with one attached hydrogen (secondary N) is 1. The molecule has 1 amide bonds. The van der Waals surface area contributed by atoms with Gasteiger partial charge in [0.25, 0.3) is 0 Å². The van der Waals surface area contributed by atoms with Crippen molar-refractivity contribution in [1.29, 1.82) is 0 Å². The third-order valence-electron chi connectivity index (χ3n) is 5.21. The van der Waals surface area contributed by atoms with Gasteiger partial charge in [-0.25, -0.2) is 8.42 Å². The van der Waals surface area contributed by atoms with Gasteiger partial charge in [0.2, 0.25) is 15.9 Å². The van der Waals surface area contributed by atoms with Gasteiger partial charge in [-0.05, 0) is 56.2 Å². The predicted octanol–water partition coefficient (Wildman–Crippen LogP) is 2.60. The summed E-state index contributed by atoms with van der Waals surface area (Å²) in [5.41, 5.74) is 1.16. The first-order valence-corrected chi connectivity index (χ1v) is 11.5. The molecule has 7 nitrogen and oxygen atoms in total. The highest BCUT2D eigenvalue weighted by molar-refractivity contribution is 7.89. The zero-order valence-electron chi connectivity index (χ0n) is 17.3. The van der Waals surface area contributed by atoms with Crippen molar-refractivity contribution < 1.29 is 22.7 Å². The second-order valence-electron chi connectivity index (χ2n) is 7.31. The first kappa shape index (κ1) is 22.1. The van der Waals surface area contributed by atoms with Crippen molar-refractivity contribution in [1.82, 2.24) is 9.62 Å². The highest BCUT2D eigenvalue weighted by atomic mass is 32.2. The first-order valence-electron chi connectivity index (χ1n) is 10.0. The summed E-state index contributed by atoms with van der Waals surface area (Å²) in [5, 5.41) is 2.89. The van der Waals surface area contributed by atoms with Gasteiger partial charge < -0.3 is 14.8 Å². The topological polar surface area (TPSA) is 84.9 Å². The van der Waals surface area contributed by atoms with Crippen molar-refractivity contribution in [3.63, 3.8) is 0 Å². The Morgan fingerprint density at radius 1 is 1.03 bits per heavy atom. The number of aryl methyl sites for hydroxylation is 1. The van der Waals surface area contributed by atoms with E-state index in [1.165, 1.54) is 11.4 Å². The van der Waals surface area contributed by atoms with Crippen LogP contribution in [0.1, 0.15) is 18.4 Å². The van der Waals surface area contributed by atoms with E-state index in [0.29, 0.717) is 44.8 Å². The number of amides is 1. The minimum Gasteiger partial charge on any atom is -0.497 e. The Labute approximate surface area is 178 Å². The molecule has 0 spiro atoms. The molecule has 0 atom stereocenters. The van der Waals surface area contributed by atoms with Gasteiger partial charge in [0.05, 0.1) is 18.6 Å². The molecule has 1 N–H and O–H groups in total. The van der Waals surface area contributed by atoms with Crippen LogP contribution in [0.3, 0.4) is 0 Å². The van der Waals surface area contributed by atoms with Crippen molar-refractivity contribution in [2.24, 2.45) is 5.92 Å². The van der Waals surface area contributed by atoms with Crippen molar-refractivity contribution in [3.05, 3.63) is 54.1 Å². The number of methoxy groups -OCH3 is 1. The van der Waals surface area contributed by atoms with Gasteiger partial charge in [0.1, 0.15) is 18.1 Å². The van der Waals surface area contributed by atoms with E-state index in [9.17, 15) is 13.2 Å². The number of hydrogen-bond acceptors (Lipinski definition) is 5. The number of carbonyl (C=O) groups is 1. The fourth-order valence-corrected chi connectivity index (χ4v) is 4.85. The standard InChI is InChI=1S/C22H28N2O5S/c1-17-3-5-20(6-4-17)29-16-13-23-22(25)18-11-14-24(15-12-18)30(26,27)21-9-7-19(28-2)8-10-21/h3-10,18H,11-16H2,1-2H3,(H,23,25). The third-order valence-corrected chi connectivity index (χ3v) is 7.13. The first-order chi connectivity index (χ1) is 14.4. The summed E-state index contributed by atoms with van der Waals surface area (Å²) in [5.74, 6) is 1.14. The number of nitrogens with zero attached hydrogens (tertiary/aromatic N) is 1. The number of benzene rings is 2. The van der Waals surface area contributed by atoms with E-state index in [1.807, 2.05) is 31.2 Å². The Bertz CT molecular complexity index is 934. The lowest BCUT2D eigenvalue weighted by Crippen LogP contribution is -2.43. The molecule has 1 fully saturated rings. The normalized spacial score (nSPS) is 15.5. The summed E-state index contributed by atoms with van der Waals surface area (Å²) in [4.78, 5) is 12.6. The molecule has 0 unspecified atom stereocenters. The van der Waals surface area contributed by atoms with Crippen LogP contribution in [0.25, 0.3) is 0 Å². The van der Waals surface area contributed by atoms with E-state index in [4.69, 9.17) is 9.47 Å². The smallest absolute Gasteiger partial charge is 0.243 e. The second-order valence-corrected chi connectivity index (χ2v) is 9.24. The van der Waals surface area contributed by atoms with Crippen LogP contribution in [0.5, 0.6) is 11.5 Å².